The minimum Gasteiger partial charge on any atom is -0.400 e. The summed E-state index contributed by atoms with van der Waals surface area (Å²) in [5.41, 5.74) is 4.91. The second kappa shape index (κ2) is 5.12. The average Bonchev–Trinajstić information content (AvgIpc) is 2.55. The van der Waals surface area contributed by atoms with E-state index < -0.39 is 23.2 Å². The zero-order valence-electron chi connectivity index (χ0n) is 12.5. The van der Waals surface area contributed by atoms with Gasteiger partial charge in [-0.05, 0) is 33.8 Å². The fourth-order valence-corrected chi connectivity index (χ4v) is 1.92. The van der Waals surface area contributed by atoms with Crippen molar-refractivity contribution in [2.75, 3.05) is 5.73 Å². The van der Waals surface area contributed by atoms with Gasteiger partial charge in [0, 0.05) is 0 Å². The summed E-state index contributed by atoms with van der Waals surface area (Å²) in [5.74, 6) is 1.85. The van der Waals surface area contributed by atoms with Crippen LogP contribution in [0, 0.1) is 10.1 Å². The minimum atomic E-state index is -0.566. The second-order valence-corrected chi connectivity index (χ2v) is 5.91. The summed E-state index contributed by atoms with van der Waals surface area (Å²) < 4.78 is 11.6. The van der Waals surface area contributed by atoms with Crippen LogP contribution in [0.2, 0.25) is 0 Å². The maximum absolute atomic E-state index is 11.0. The van der Waals surface area contributed by atoms with Crippen LogP contribution in [0.15, 0.2) is 18.2 Å². The molecular weight excluding hydrogens is 273 g/mol. The molecule has 21 heavy (non-hydrogen) atoms. The number of anilines is 1. The summed E-state index contributed by atoms with van der Waals surface area (Å²) in [5, 5.41) is 11.0. The monoisotopic (exact) mass is 291 g/mol. The maximum atomic E-state index is 11.0. The van der Waals surface area contributed by atoms with Crippen molar-refractivity contribution in [1.82, 2.24) is 4.98 Å². The lowest BCUT2D eigenvalue weighted by molar-refractivity contribution is -0.385. The first kappa shape index (κ1) is 15.5. The van der Waals surface area contributed by atoms with Gasteiger partial charge in [0.2, 0.25) is 0 Å². The number of nitrogens with zero attached hydrogens (tertiary/aromatic N) is 2. The van der Waals surface area contributed by atoms with Crippen LogP contribution >= 0.6 is 0 Å². The van der Waals surface area contributed by atoms with Crippen molar-refractivity contribution in [3.05, 3.63) is 33.9 Å². The van der Waals surface area contributed by atoms with Gasteiger partial charge in [0.15, 0.2) is 0 Å². The van der Waals surface area contributed by atoms with Crippen molar-refractivity contribution in [2.24, 2.45) is 0 Å². The smallest absolute Gasteiger partial charge is 0.400 e. The van der Waals surface area contributed by atoms with E-state index in [1.165, 1.54) is 6.07 Å². The van der Waals surface area contributed by atoms with Crippen LogP contribution in [0.3, 0.4) is 0 Å². The Kier molecular flexibility index (Phi) is 3.77. The zero-order valence-corrected chi connectivity index (χ0v) is 12.5. The molecule has 0 unspecified atom stereocenters. The van der Waals surface area contributed by atoms with E-state index in [0.717, 1.165) is 6.20 Å². The Labute approximate surface area is 123 Å². The van der Waals surface area contributed by atoms with Crippen LogP contribution in [0.5, 0.6) is 0 Å². The topological polar surface area (TPSA) is 101 Å². The number of nitro groups is 1. The molecule has 1 aliphatic rings. The van der Waals surface area contributed by atoms with Crippen LogP contribution in [0.4, 0.5) is 11.5 Å². The Balaban J connectivity index is 2.24. The lowest BCUT2D eigenvalue weighted by Crippen LogP contribution is -2.41. The summed E-state index contributed by atoms with van der Waals surface area (Å²) in [4.78, 5) is 14.2. The van der Waals surface area contributed by atoms with Gasteiger partial charge in [0.1, 0.15) is 12.0 Å². The van der Waals surface area contributed by atoms with Gasteiger partial charge in [-0.15, -0.1) is 0 Å². The molecule has 0 spiro atoms. The first-order valence-corrected chi connectivity index (χ1v) is 6.56. The standard InChI is InChI=1S/C13H18BN3O4/c1-12(2)13(3,4)21-14(20-12)6-5-9-7-11(15)16-8-10(9)17(18)19/h5-8H,1-4H3,(H2,15,16)/b6-5+. The third kappa shape index (κ3) is 3.06. The van der Waals surface area contributed by atoms with Crippen molar-refractivity contribution >= 4 is 24.7 Å². The normalized spacial score (nSPS) is 20.1. The van der Waals surface area contributed by atoms with Gasteiger partial charge in [-0.2, -0.15) is 0 Å². The van der Waals surface area contributed by atoms with Crippen LogP contribution in [0.25, 0.3) is 6.08 Å². The first-order valence-electron chi connectivity index (χ1n) is 6.56. The van der Waals surface area contributed by atoms with Gasteiger partial charge in [0.25, 0.3) is 5.69 Å². The highest BCUT2D eigenvalue weighted by Crippen LogP contribution is 2.37. The molecule has 1 aromatic heterocycles. The number of pyridine rings is 1. The number of nitrogen functional groups attached to an aromatic ring is 1. The predicted molar refractivity (Wildman–Crippen MR) is 80.4 cm³/mol. The number of rotatable bonds is 3. The lowest BCUT2D eigenvalue weighted by atomic mass is 9.89. The quantitative estimate of drug-likeness (QED) is 0.520. The summed E-state index contributed by atoms with van der Waals surface area (Å²) in [6, 6.07) is 1.44. The van der Waals surface area contributed by atoms with Crippen LogP contribution < -0.4 is 5.73 Å². The fourth-order valence-electron chi connectivity index (χ4n) is 1.92. The van der Waals surface area contributed by atoms with Crippen LogP contribution in [-0.2, 0) is 9.31 Å². The Morgan fingerprint density at radius 2 is 1.90 bits per heavy atom. The van der Waals surface area contributed by atoms with Gasteiger partial charge in [0.05, 0.1) is 21.7 Å². The summed E-state index contributed by atoms with van der Waals surface area (Å²) in [7, 11) is -0.566. The van der Waals surface area contributed by atoms with Crippen molar-refractivity contribution < 1.29 is 14.2 Å². The molecule has 112 valence electrons. The summed E-state index contributed by atoms with van der Waals surface area (Å²) >= 11 is 0. The molecule has 8 heteroatoms. The van der Waals surface area contributed by atoms with Crippen LogP contribution in [-0.4, -0.2) is 28.2 Å². The molecule has 0 aliphatic carbocycles. The van der Waals surface area contributed by atoms with E-state index >= 15 is 0 Å². The van der Waals surface area contributed by atoms with Gasteiger partial charge >= 0.3 is 7.12 Å². The molecule has 7 nitrogen and oxygen atoms in total. The van der Waals surface area contributed by atoms with E-state index in [-0.39, 0.29) is 11.5 Å². The van der Waals surface area contributed by atoms with Gasteiger partial charge in [-0.1, -0.05) is 12.1 Å². The molecule has 0 saturated carbocycles. The van der Waals surface area contributed by atoms with Gasteiger partial charge in [-0.3, -0.25) is 10.1 Å². The Hall–Kier alpha value is -1.93. The molecule has 0 atom stereocenters. The maximum Gasteiger partial charge on any atom is 0.487 e. The Bertz CT molecular complexity index is 585. The zero-order chi connectivity index (χ0) is 15.8. The highest BCUT2D eigenvalue weighted by molar-refractivity contribution is 6.52. The van der Waals surface area contributed by atoms with E-state index in [2.05, 4.69) is 4.98 Å². The fraction of sp³-hybridized carbons (Fsp3) is 0.462. The second-order valence-electron chi connectivity index (χ2n) is 5.91. The molecule has 2 N–H and O–H groups in total. The molecule has 1 fully saturated rings. The largest absolute Gasteiger partial charge is 0.487 e. The third-order valence-electron chi connectivity index (χ3n) is 3.84. The minimum absolute atomic E-state index is 0.114. The molecule has 0 radical (unpaired) electrons. The molecule has 0 aromatic carbocycles. The molecule has 0 amide bonds. The SMILES string of the molecule is CC1(C)OB(/C=C/c2cc(N)ncc2[N+](=O)[O-])OC1(C)C. The predicted octanol–water partition coefficient (Wildman–Crippen LogP) is 2.22. The molecule has 1 saturated heterocycles. The molecule has 0 bridgehead atoms. The molecule has 2 rings (SSSR count). The Morgan fingerprint density at radius 3 is 2.43 bits per heavy atom. The summed E-state index contributed by atoms with van der Waals surface area (Å²) in [6.07, 6.45) is 2.71. The highest BCUT2D eigenvalue weighted by Gasteiger charge is 2.50. The van der Waals surface area contributed by atoms with E-state index in [1.54, 1.807) is 12.1 Å². The molecule has 1 aliphatic heterocycles. The van der Waals surface area contributed by atoms with E-state index in [9.17, 15) is 10.1 Å². The average molecular weight is 291 g/mol. The molecule has 2 heterocycles. The van der Waals surface area contributed by atoms with Crippen molar-refractivity contribution in [2.45, 2.75) is 38.9 Å². The number of hydrogen-bond acceptors (Lipinski definition) is 6. The van der Waals surface area contributed by atoms with Crippen LogP contribution in [0.1, 0.15) is 33.3 Å². The van der Waals surface area contributed by atoms with Gasteiger partial charge < -0.3 is 15.0 Å². The van der Waals surface area contributed by atoms with E-state index in [1.807, 2.05) is 27.7 Å². The van der Waals surface area contributed by atoms with Crippen molar-refractivity contribution in [3.63, 3.8) is 0 Å². The number of hydrogen-bond donors (Lipinski definition) is 1. The first-order chi connectivity index (χ1) is 9.62. The van der Waals surface area contributed by atoms with E-state index in [4.69, 9.17) is 15.0 Å². The Morgan fingerprint density at radius 1 is 1.33 bits per heavy atom. The lowest BCUT2D eigenvalue weighted by Gasteiger charge is -2.32. The number of nitrogens with two attached hydrogens (primary N) is 1. The van der Waals surface area contributed by atoms with Gasteiger partial charge in [-0.25, -0.2) is 4.98 Å². The third-order valence-corrected chi connectivity index (χ3v) is 3.84. The van der Waals surface area contributed by atoms with E-state index in [0.29, 0.717) is 5.56 Å². The van der Waals surface area contributed by atoms with Crippen molar-refractivity contribution in [3.8, 4) is 0 Å². The summed E-state index contributed by atoms with van der Waals surface area (Å²) in [6.45, 7) is 7.75. The van der Waals surface area contributed by atoms with Crippen molar-refractivity contribution in [1.29, 1.82) is 0 Å². The number of aromatic nitrogens is 1. The molecular formula is C13H18BN3O4. The molecule has 1 aromatic rings. The highest BCUT2D eigenvalue weighted by atomic mass is 16.7.